The zero-order chi connectivity index (χ0) is 10.7. The van der Waals surface area contributed by atoms with E-state index in [4.69, 9.17) is 9.47 Å². The molecular formula is C11H14O3S. The molecule has 1 fully saturated rings. The van der Waals surface area contributed by atoms with Crippen molar-refractivity contribution in [2.24, 2.45) is 0 Å². The summed E-state index contributed by atoms with van der Waals surface area (Å²) in [7, 11) is 1.57. The second kappa shape index (κ2) is 4.66. The van der Waals surface area contributed by atoms with E-state index in [0.29, 0.717) is 11.5 Å². The zero-order valence-corrected chi connectivity index (χ0v) is 9.42. The van der Waals surface area contributed by atoms with Crippen LogP contribution in [-0.4, -0.2) is 29.8 Å². The molecule has 1 atom stereocenters. The van der Waals surface area contributed by atoms with E-state index < -0.39 is 0 Å². The van der Waals surface area contributed by atoms with Crippen LogP contribution in [0, 0.1) is 0 Å². The van der Waals surface area contributed by atoms with Gasteiger partial charge in [-0.05, 0) is 24.3 Å². The number of aromatic hydroxyl groups is 1. The zero-order valence-electron chi connectivity index (χ0n) is 8.60. The lowest BCUT2D eigenvalue weighted by Crippen LogP contribution is -2.15. The summed E-state index contributed by atoms with van der Waals surface area (Å²) in [5, 5.41) is 9.67. The smallest absolute Gasteiger partial charge is 0.203 e. The molecule has 82 valence electrons. The fourth-order valence-corrected chi connectivity index (χ4v) is 2.65. The number of hydrogen-bond acceptors (Lipinski definition) is 4. The molecule has 1 N–H and O–H groups in total. The quantitative estimate of drug-likeness (QED) is 0.858. The first-order valence-corrected chi connectivity index (χ1v) is 6.07. The van der Waals surface area contributed by atoms with Crippen molar-refractivity contribution in [1.82, 2.24) is 0 Å². The maximum Gasteiger partial charge on any atom is 0.203 e. The van der Waals surface area contributed by atoms with Gasteiger partial charge in [0.1, 0.15) is 6.10 Å². The van der Waals surface area contributed by atoms with Crippen molar-refractivity contribution in [3.05, 3.63) is 18.2 Å². The van der Waals surface area contributed by atoms with Crippen LogP contribution >= 0.6 is 11.8 Å². The van der Waals surface area contributed by atoms with Gasteiger partial charge in [0.15, 0.2) is 11.5 Å². The second-order valence-electron chi connectivity index (χ2n) is 3.41. The Morgan fingerprint density at radius 2 is 2.33 bits per heavy atom. The maximum absolute atomic E-state index is 9.67. The maximum atomic E-state index is 9.67. The first-order chi connectivity index (χ1) is 7.31. The lowest BCUT2D eigenvalue weighted by molar-refractivity contribution is 0.209. The molecule has 1 aliphatic heterocycles. The largest absolute Gasteiger partial charge is 0.504 e. The van der Waals surface area contributed by atoms with Crippen LogP contribution in [0.2, 0.25) is 0 Å². The molecule has 3 nitrogen and oxygen atoms in total. The third kappa shape index (κ3) is 2.31. The van der Waals surface area contributed by atoms with E-state index in [1.165, 1.54) is 0 Å². The monoisotopic (exact) mass is 226 g/mol. The summed E-state index contributed by atoms with van der Waals surface area (Å²) in [6.45, 7) is 0. The van der Waals surface area contributed by atoms with Crippen LogP contribution in [0.1, 0.15) is 6.42 Å². The number of para-hydroxylation sites is 1. The van der Waals surface area contributed by atoms with Crippen LogP contribution in [0.25, 0.3) is 0 Å². The van der Waals surface area contributed by atoms with Crippen molar-refractivity contribution >= 4 is 11.8 Å². The molecule has 2 rings (SSSR count). The Kier molecular flexibility index (Phi) is 3.26. The van der Waals surface area contributed by atoms with Gasteiger partial charge in [-0.3, -0.25) is 0 Å². The molecule has 0 saturated carbocycles. The molecule has 0 radical (unpaired) electrons. The molecule has 1 heterocycles. The minimum absolute atomic E-state index is 0.145. The number of ether oxygens (including phenoxy) is 2. The summed E-state index contributed by atoms with van der Waals surface area (Å²) in [6, 6.07) is 5.14. The van der Waals surface area contributed by atoms with Crippen molar-refractivity contribution in [3.8, 4) is 17.2 Å². The first kappa shape index (κ1) is 10.5. The fourth-order valence-electron chi connectivity index (χ4n) is 1.56. The van der Waals surface area contributed by atoms with Crippen molar-refractivity contribution < 1.29 is 14.6 Å². The molecule has 0 aromatic heterocycles. The molecule has 1 aromatic rings. The van der Waals surface area contributed by atoms with E-state index in [0.717, 1.165) is 17.9 Å². The number of benzene rings is 1. The molecular weight excluding hydrogens is 212 g/mol. The van der Waals surface area contributed by atoms with Gasteiger partial charge in [0.05, 0.1) is 7.11 Å². The predicted octanol–water partition coefficient (Wildman–Crippen LogP) is 2.29. The summed E-state index contributed by atoms with van der Waals surface area (Å²) >= 11 is 1.87. The third-order valence-electron chi connectivity index (χ3n) is 2.35. The molecule has 0 amide bonds. The molecule has 1 aliphatic rings. The van der Waals surface area contributed by atoms with Crippen molar-refractivity contribution in [1.29, 1.82) is 0 Å². The first-order valence-electron chi connectivity index (χ1n) is 4.91. The Morgan fingerprint density at radius 3 is 3.00 bits per heavy atom. The number of phenols is 1. The van der Waals surface area contributed by atoms with Gasteiger partial charge in [-0.2, -0.15) is 11.8 Å². The van der Waals surface area contributed by atoms with Crippen LogP contribution in [0.3, 0.4) is 0 Å². The highest BCUT2D eigenvalue weighted by Crippen LogP contribution is 2.38. The minimum Gasteiger partial charge on any atom is -0.504 e. The minimum atomic E-state index is 0.145. The second-order valence-corrected chi connectivity index (χ2v) is 4.56. The van der Waals surface area contributed by atoms with Crippen molar-refractivity contribution in [3.63, 3.8) is 0 Å². The Bertz CT molecular complexity index is 335. The number of thioether (sulfide) groups is 1. The average Bonchev–Trinajstić information content (AvgIpc) is 2.74. The van der Waals surface area contributed by atoms with E-state index in [2.05, 4.69) is 0 Å². The Hall–Kier alpha value is -1.03. The van der Waals surface area contributed by atoms with Gasteiger partial charge in [0, 0.05) is 5.75 Å². The molecule has 4 heteroatoms. The normalized spacial score (nSPS) is 20.2. The lowest BCUT2D eigenvalue weighted by atomic mass is 10.2. The van der Waals surface area contributed by atoms with Gasteiger partial charge in [0.25, 0.3) is 0 Å². The van der Waals surface area contributed by atoms with Crippen LogP contribution in [0.15, 0.2) is 18.2 Å². The van der Waals surface area contributed by atoms with Gasteiger partial charge < -0.3 is 14.6 Å². The fraction of sp³-hybridized carbons (Fsp3) is 0.455. The van der Waals surface area contributed by atoms with Crippen LogP contribution in [-0.2, 0) is 0 Å². The molecule has 1 saturated heterocycles. The molecule has 0 spiro atoms. The molecule has 1 unspecified atom stereocenters. The SMILES string of the molecule is COc1cccc(O)c1OC1CCSC1. The van der Waals surface area contributed by atoms with Crippen molar-refractivity contribution in [2.45, 2.75) is 12.5 Å². The predicted molar refractivity (Wildman–Crippen MR) is 61.0 cm³/mol. The summed E-state index contributed by atoms with van der Waals surface area (Å²) in [5.41, 5.74) is 0. The van der Waals surface area contributed by atoms with Crippen molar-refractivity contribution in [2.75, 3.05) is 18.6 Å². The van der Waals surface area contributed by atoms with E-state index >= 15 is 0 Å². The summed E-state index contributed by atoms with van der Waals surface area (Å²) in [6.07, 6.45) is 1.22. The molecule has 0 bridgehead atoms. The molecule has 0 aliphatic carbocycles. The Morgan fingerprint density at radius 1 is 1.47 bits per heavy atom. The van der Waals surface area contributed by atoms with Gasteiger partial charge in [-0.25, -0.2) is 0 Å². The third-order valence-corrected chi connectivity index (χ3v) is 3.48. The number of methoxy groups -OCH3 is 1. The standard InChI is InChI=1S/C11H14O3S/c1-13-10-4-2-3-9(12)11(10)14-8-5-6-15-7-8/h2-4,8,12H,5-7H2,1H3. The van der Waals surface area contributed by atoms with E-state index in [1.54, 1.807) is 25.3 Å². The van der Waals surface area contributed by atoms with Gasteiger partial charge in [0.2, 0.25) is 5.75 Å². The van der Waals surface area contributed by atoms with Gasteiger partial charge in [-0.15, -0.1) is 0 Å². The van der Waals surface area contributed by atoms with Crippen LogP contribution in [0.4, 0.5) is 0 Å². The molecule has 15 heavy (non-hydrogen) atoms. The van der Waals surface area contributed by atoms with Crippen LogP contribution < -0.4 is 9.47 Å². The van der Waals surface area contributed by atoms with Crippen LogP contribution in [0.5, 0.6) is 17.2 Å². The summed E-state index contributed by atoms with van der Waals surface area (Å²) in [5.74, 6) is 3.31. The van der Waals surface area contributed by atoms with Gasteiger partial charge >= 0.3 is 0 Å². The van der Waals surface area contributed by atoms with E-state index in [1.807, 2.05) is 11.8 Å². The highest BCUT2D eigenvalue weighted by Gasteiger charge is 2.20. The average molecular weight is 226 g/mol. The Labute approximate surface area is 93.4 Å². The highest BCUT2D eigenvalue weighted by molar-refractivity contribution is 7.99. The number of hydrogen-bond donors (Lipinski definition) is 1. The lowest BCUT2D eigenvalue weighted by Gasteiger charge is -2.16. The summed E-state index contributed by atoms with van der Waals surface area (Å²) in [4.78, 5) is 0. The van der Waals surface area contributed by atoms with E-state index in [9.17, 15) is 5.11 Å². The highest BCUT2D eigenvalue weighted by atomic mass is 32.2. The number of rotatable bonds is 3. The Balaban J connectivity index is 2.17. The molecule has 1 aromatic carbocycles. The van der Waals surface area contributed by atoms with Gasteiger partial charge in [-0.1, -0.05) is 6.07 Å². The summed E-state index contributed by atoms with van der Waals surface area (Å²) < 4.78 is 10.9. The topological polar surface area (TPSA) is 38.7 Å². The van der Waals surface area contributed by atoms with E-state index in [-0.39, 0.29) is 11.9 Å². The number of phenolic OH excluding ortho intramolecular Hbond substituents is 1.